The number of hydrogen-bond acceptors (Lipinski definition) is 7. The summed E-state index contributed by atoms with van der Waals surface area (Å²) in [7, 11) is 1.45. The monoisotopic (exact) mass is 519 g/mol. The number of hydrogen-bond donors (Lipinski definition) is 1. The summed E-state index contributed by atoms with van der Waals surface area (Å²) in [5.41, 5.74) is 6.87. The number of thioether (sulfide) groups is 1. The Kier molecular flexibility index (Phi) is 7.22. The molecule has 4 heterocycles. The lowest BCUT2D eigenvalue weighted by molar-refractivity contribution is -0.135. The van der Waals surface area contributed by atoms with Crippen molar-refractivity contribution in [2.45, 2.75) is 64.7 Å². The summed E-state index contributed by atoms with van der Waals surface area (Å²) in [5, 5.41) is 6.20. The average molecular weight is 520 g/mol. The quantitative estimate of drug-likeness (QED) is 0.322. The zero-order valence-corrected chi connectivity index (χ0v) is 23.2. The Morgan fingerprint density at radius 2 is 1.89 bits per heavy atom. The van der Waals surface area contributed by atoms with Crippen LogP contribution in [0.3, 0.4) is 0 Å². The van der Waals surface area contributed by atoms with Crippen LogP contribution in [0.4, 0.5) is 0 Å². The van der Waals surface area contributed by atoms with Crippen molar-refractivity contribution in [3.8, 4) is 10.6 Å². The molecule has 0 saturated heterocycles. The van der Waals surface area contributed by atoms with Gasteiger partial charge in [-0.15, -0.1) is 23.1 Å². The summed E-state index contributed by atoms with van der Waals surface area (Å²) in [6, 6.07) is 11.0. The number of nitrogens with one attached hydrogen (secondary N) is 1. The van der Waals surface area contributed by atoms with Crippen LogP contribution in [0.1, 0.15) is 55.8 Å². The van der Waals surface area contributed by atoms with E-state index in [2.05, 4.69) is 60.6 Å². The molecule has 2 aliphatic heterocycles. The number of methoxy groups -OCH3 is 1. The first-order valence-electron chi connectivity index (χ1n) is 12.8. The lowest BCUT2D eigenvalue weighted by atomic mass is 9.85. The number of fused-ring (bicyclic) bond motifs is 2. The Labute approximate surface area is 221 Å². The highest BCUT2D eigenvalue weighted by atomic mass is 32.2. The van der Waals surface area contributed by atoms with Crippen molar-refractivity contribution in [1.29, 1.82) is 0 Å². The molecule has 2 unspecified atom stereocenters. The van der Waals surface area contributed by atoms with Crippen molar-refractivity contribution in [3.05, 3.63) is 63.2 Å². The van der Waals surface area contributed by atoms with Gasteiger partial charge in [-0.05, 0) is 68.0 Å². The van der Waals surface area contributed by atoms with Gasteiger partial charge in [0.05, 0.1) is 50.1 Å². The molecular formula is C29H33N3O2S2. The van der Waals surface area contributed by atoms with Gasteiger partial charge in [-0.2, -0.15) is 0 Å². The number of ether oxygens (including phenoxy) is 1. The zero-order chi connectivity index (χ0) is 25.4. The van der Waals surface area contributed by atoms with Gasteiger partial charge in [0.15, 0.2) is 0 Å². The third-order valence-corrected chi connectivity index (χ3v) is 9.49. The molecule has 188 valence electrons. The number of pyridine rings is 1. The molecule has 0 fully saturated rings. The number of rotatable bonds is 8. The molecule has 0 radical (unpaired) electrons. The molecule has 5 rings (SSSR count). The molecule has 2 aliphatic rings. The number of nitrogens with zero attached hydrogens (tertiary/aromatic N) is 2. The fraction of sp³-hybridized carbons (Fsp3) is 0.414. The highest BCUT2D eigenvalue weighted by molar-refractivity contribution is 8.05. The minimum atomic E-state index is -0.237. The first kappa shape index (κ1) is 25.0. The largest absolute Gasteiger partial charge is 0.465 e. The van der Waals surface area contributed by atoms with E-state index in [4.69, 9.17) is 9.72 Å². The maximum atomic E-state index is 12.3. The van der Waals surface area contributed by atoms with E-state index in [1.54, 1.807) is 23.1 Å². The molecule has 0 aliphatic carbocycles. The van der Waals surface area contributed by atoms with Crippen molar-refractivity contribution in [1.82, 2.24) is 15.3 Å². The van der Waals surface area contributed by atoms with E-state index in [9.17, 15) is 4.79 Å². The molecule has 2 atom stereocenters. The van der Waals surface area contributed by atoms with Crippen LogP contribution in [0, 0.1) is 19.8 Å². The van der Waals surface area contributed by atoms with E-state index < -0.39 is 0 Å². The number of esters is 1. The number of aryl methyl sites for hydroxylation is 2. The predicted octanol–water partition coefficient (Wildman–Crippen LogP) is 7.05. The summed E-state index contributed by atoms with van der Waals surface area (Å²) in [5.74, 6) is 0.253. The topological polar surface area (TPSA) is 64.1 Å². The van der Waals surface area contributed by atoms with E-state index in [1.807, 2.05) is 13.8 Å². The Hall–Kier alpha value is -2.64. The maximum absolute atomic E-state index is 12.3. The third kappa shape index (κ3) is 4.59. The molecule has 7 heteroatoms. The Balaban J connectivity index is 1.54. The molecule has 0 saturated carbocycles. The van der Waals surface area contributed by atoms with Crippen LogP contribution in [0.15, 0.2) is 46.9 Å². The number of aromatic nitrogens is 2. The number of carbonyl (C=O) groups excluding carboxylic acids is 1. The van der Waals surface area contributed by atoms with Gasteiger partial charge >= 0.3 is 5.97 Å². The molecule has 0 spiro atoms. The fourth-order valence-electron chi connectivity index (χ4n) is 5.50. The number of carbonyl (C=O) groups is 1. The molecule has 0 amide bonds. The average Bonchev–Trinajstić information content (AvgIpc) is 3.54. The number of thiazole rings is 1. The molecule has 1 N–H and O–H groups in total. The Morgan fingerprint density at radius 3 is 2.56 bits per heavy atom. The van der Waals surface area contributed by atoms with Crippen molar-refractivity contribution < 1.29 is 9.53 Å². The van der Waals surface area contributed by atoms with Crippen LogP contribution in [0.5, 0.6) is 0 Å². The summed E-state index contributed by atoms with van der Waals surface area (Å²) in [6.07, 6.45) is 6.64. The first-order chi connectivity index (χ1) is 17.4. The second-order valence-corrected chi connectivity index (χ2v) is 12.0. The molecule has 1 aromatic carbocycles. The van der Waals surface area contributed by atoms with Crippen LogP contribution in [-0.2, 0) is 9.53 Å². The number of benzene rings is 1. The van der Waals surface area contributed by atoms with Gasteiger partial charge in [-0.3, -0.25) is 0 Å². The normalized spacial score (nSPS) is 19.1. The van der Waals surface area contributed by atoms with Gasteiger partial charge in [-0.25, -0.2) is 14.8 Å². The molecular weight excluding hydrogens is 486 g/mol. The Morgan fingerprint density at radius 1 is 1.11 bits per heavy atom. The van der Waals surface area contributed by atoms with Crippen LogP contribution >= 0.6 is 23.1 Å². The van der Waals surface area contributed by atoms with Crippen molar-refractivity contribution in [2.24, 2.45) is 5.92 Å². The zero-order valence-electron chi connectivity index (χ0n) is 21.6. The first-order valence-corrected chi connectivity index (χ1v) is 14.5. The van der Waals surface area contributed by atoms with Crippen molar-refractivity contribution >= 4 is 45.7 Å². The van der Waals surface area contributed by atoms with Crippen LogP contribution < -0.4 is 5.32 Å². The second kappa shape index (κ2) is 10.4. The summed E-state index contributed by atoms with van der Waals surface area (Å²) >= 11 is 3.35. The van der Waals surface area contributed by atoms with E-state index in [0.29, 0.717) is 10.8 Å². The smallest absolute Gasteiger partial charge is 0.344 e. The highest BCUT2D eigenvalue weighted by Crippen LogP contribution is 2.48. The lowest BCUT2D eigenvalue weighted by Crippen LogP contribution is -2.26. The second-order valence-electron chi connectivity index (χ2n) is 9.59. The van der Waals surface area contributed by atoms with Gasteiger partial charge in [0.2, 0.25) is 0 Å². The van der Waals surface area contributed by atoms with Crippen molar-refractivity contribution in [2.75, 3.05) is 7.11 Å². The summed E-state index contributed by atoms with van der Waals surface area (Å²) in [6.45, 7) is 8.60. The lowest BCUT2D eigenvalue weighted by Gasteiger charge is -2.23. The maximum Gasteiger partial charge on any atom is 0.344 e. The van der Waals surface area contributed by atoms with Gasteiger partial charge in [0.25, 0.3) is 0 Å². The summed E-state index contributed by atoms with van der Waals surface area (Å²) in [4.78, 5) is 23.6. The minimum Gasteiger partial charge on any atom is -0.465 e. The van der Waals surface area contributed by atoms with Crippen LogP contribution in [-0.4, -0.2) is 34.3 Å². The molecule has 2 aromatic heterocycles. The van der Waals surface area contributed by atoms with Gasteiger partial charge in [0, 0.05) is 11.1 Å². The van der Waals surface area contributed by atoms with E-state index in [-0.39, 0.29) is 17.3 Å². The van der Waals surface area contributed by atoms with Crippen molar-refractivity contribution in [3.63, 3.8) is 0 Å². The minimum absolute atomic E-state index is 0.110. The van der Waals surface area contributed by atoms with Crippen LogP contribution in [0.2, 0.25) is 0 Å². The fourth-order valence-corrected chi connectivity index (χ4v) is 7.80. The predicted molar refractivity (Wildman–Crippen MR) is 151 cm³/mol. The highest BCUT2D eigenvalue weighted by Gasteiger charge is 2.43. The molecule has 36 heavy (non-hydrogen) atoms. The van der Waals surface area contributed by atoms with Gasteiger partial charge < -0.3 is 10.1 Å². The summed E-state index contributed by atoms with van der Waals surface area (Å²) < 4.78 is 5.02. The third-order valence-electron chi connectivity index (χ3n) is 7.03. The van der Waals surface area contributed by atoms with E-state index in [0.717, 1.165) is 57.9 Å². The Bertz CT molecular complexity index is 1370. The van der Waals surface area contributed by atoms with E-state index >= 15 is 0 Å². The standard InChI is InChI=1S/C29H33N3O2S2/c1-6-8-18(9-7-2)25-26(32-23-15-24(29(33)34-5)36-28(23)25)20-11-12-21-19(14-20)10-13-22(31-21)27-16(3)30-17(4)35-27/h10-15,18,23,28,32H,6-9H2,1-5H3. The van der Waals surface area contributed by atoms with Gasteiger partial charge in [0.1, 0.15) is 0 Å². The van der Waals surface area contributed by atoms with Gasteiger partial charge in [-0.1, -0.05) is 38.8 Å². The molecule has 0 bridgehead atoms. The SMILES string of the molecule is CCCC(CCC)C1=C(c2ccc3nc(-c4sc(C)nc4C)ccc3c2)NC2C=C(C(=O)OC)SC12. The van der Waals surface area contributed by atoms with Crippen LogP contribution in [0.25, 0.3) is 27.2 Å². The van der Waals surface area contributed by atoms with E-state index in [1.165, 1.54) is 23.9 Å². The molecule has 5 nitrogen and oxygen atoms in total. The molecule has 3 aromatic rings.